The lowest BCUT2D eigenvalue weighted by Crippen LogP contribution is -2.14. The fourth-order valence-corrected chi connectivity index (χ4v) is 8.47. The highest BCUT2D eigenvalue weighted by molar-refractivity contribution is 6.21. The molecule has 1 heterocycles. The second-order valence-corrected chi connectivity index (χ2v) is 13.8. The highest BCUT2D eigenvalue weighted by Gasteiger charge is 2.35. The number of hydrogen-bond acceptors (Lipinski definition) is 1. The van der Waals surface area contributed by atoms with E-state index < -0.39 is 0 Å². The first-order valence-corrected chi connectivity index (χ1v) is 16.5. The molecule has 7 aromatic carbocycles. The zero-order valence-corrected chi connectivity index (χ0v) is 27.0. The third-order valence-corrected chi connectivity index (χ3v) is 10.8. The fourth-order valence-electron chi connectivity index (χ4n) is 8.47. The van der Waals surface area contributed by atoms with Crippen molar-refractivity contribution >= 4 is 32.9 Å². The average Bonchev–Trinajstić information content (AvgIpc) is 3.21. The van der Waals surface area contributed by atoms with Gasteiger partial charge in [0.25, 0.3) is 0 Å². The molecule has 0 saturated heterocycles. The maximum Gasteiger partial charge on any atom is 0.0447 e. The number of fused-ring (bicyclic) bond motifs is 7. The highest BCUT2D eigenvalue weighted by Crippen LogP contribution is 2.51. The molecule has 0 aromatic heterocycles. The summed E-state index contributed by atoms with van der Waals surface area (Å²) in [4.78, 5) is 2.40. The van der Waals surface area contributed by atoms with Crippen LogP contribution in [-0.4, -0.2) is 7.05 Å². The Morgan fingerprint density at radius 2 is 1.11 bits per heavy atom. The lowest BCUT2D eigenvalue weighted by molar-refractivity contribution is 0.660. The largest absolute Gasteiger partial charge is 0.344 e. The molecule has 0 unspecified atom stereocenters. The van der Waals surface area contributed by atoms with E-state index in [0.717, 1.165) is 12.8 Å². The molecule has 1 aliphatic carbocycles. The SMILES string of the molecule is Cc1ccc2c(-c3ccc4c(c3)N(C)c3ccccc3CC4)c3ccccc3c(-c3ccc4c(c3)C(C)(C)c3ccccc3-4)c2c1. The van der Waals surface area contributed by atoms with Crippen molar-refractivity contribution in [1.82, 2.24) is 0 Å². The van der Waals surface area contributed by atoms with Crippen molar-refractivity contribution in [3.8, 4) is 33.4 Å². The quantitative estimate of drug-likeness (QED) is 0.181. The number of aryl methyl sites for hydroxylation is 3. The molecular weight excluding hydrogens is 555 g/mol. The maximum absolute atomic E-state index is 2.48. The van der Waals surface area contributed by atoms with E-state index in [1.165, 1.54) is 94.1 Å². The predicted molar refractivity (Wildman–Crippen MR) is 197 cm³/mol. The standard InChI is InChI=1S/C45H37N/c1-28-17-23-37-38(25-28)44(31-22-24-34-33-12-8-9-15-39(33)45(2,3)40(34)26-31)36-14-7-6-13-35(36)43(37)32-21-20-30-19-18-29-11-5-10-16-41(29)46(4)42(30)27-32/h5-17,20-27H,18-19H2,1-4H3. The summed E-state index contributed by atoms with van der Waals surface area (Å²) in [7, 11) is 2.23. The van der Waals surface area contributed by atoms with Gasteiger partial charge in [0.1, 0.15) is 0 Å². The van der Waals surface area contributed by atoms with Crippen LogP contribution in [0.25, 0.3) is 54.9 Å². The molecule has 0 amide bonds. The van der Waals surface area contributed by atoms with Crippen LogP contribution in [0.3, 0.4) is 0 Å². The van der Waals surface area contributed by atoms with Gasteiger partial charge in [0, 0.05) is 23.8 Å². The van der Waals surface area contributed by atoms with Crippen LogP contribution >= 0.6 is 0 Å². The Kier molecular flexibility index (Phi) is 5.87. The van der Waals surface area contributed by atoms with E-state index in [9.17, 15) is 0 Å². The summed E-state index contributed by atoms with van der Waals surface area (Å²) < 4.78 is 0. The van der Waals surface area contributed by atoms with Crippen LogP contribution in [-0.2, 0) is 18.3 Å². The first kappa shape index (κ1) is 27.2. The lowest BCUT2D eigenvalue weighted by atomic mass is 9.80. The molecule has 1 nitrogen and oxygen atoms in total. The van der Waals surface area contributed by atoms with Crippen molar-refractivity contribution in [2.24, 2.45) is 0 Å². The number of benzene rings is 7. The van der Waals surface area contributed by atoms with E-state index >= 15 is 0 Å². The minimum atomic E-state index is -0.0457. The molecule has 0 bridgehead atoms. The van der Waals surface area contributed by atoms with E-state index in [2.05, 4.69) is 160 Å². The van der Waals surface area contributed by atoms with Crippen molar-refractivity contribution in [2.45, 2.75) is 39.0 Å². The van der Waals surface area contributed by atoms with Gasteiger partial charge in [-0.15, -0.1) is 0 Å². The van der Waals surface area contributed by atoms with Crippen LogP contribution < -0.4 is 4.90 Å². The third kappa shape index (κ3) is 3.88. The molecule has 1 heteroatoms. The number of para-hydroxylation sites is 1. The molecule has 1 aliphatic heterocycles. The van der Waals surface area contributed by atoms with Crippen molar-refractivity contribution in [2.75, 3.05) is 11.9 Å². The minimum Gasteiger partial charge on any atom is -0.344 e. The van der Waals surface area contributed by atoms with E-state index in [1.54, 1.807) is 0 Å². The van der Waals surface area contributed by atoms with Gasteiger partial charge >= 0.3 is 0 Å². The molecule has 0 fully saturated rings. The fraction of sp³-hybridized carbons (Fsp3) is 0.156. The molecule has 0 N–H and O–H groups in total. The van der Waals surface area contributed by atoms with E-state index in [-0.39, 0.29) is 5.41 Å². The summed E-state index contributed by atoms with van der Waals surface area (Å²) in [6, 6.07) is 48.2. The van der Waals surface area contributed by atoms with Crippen LogP contribution in [0.5, 0.6) is 0 Å². The molecule has 9 rings (SSSR count). The highest BCUT2D eigenvalue weighted by atomic mass is 15.1. The summed E-state index contributed by atoms with van der Waals surface area (Å²) in [5.41, 5.74) is 17.4. The minimum absolute atomic E-state index is 0.0457. The van der Waals surface area contributed by atoms with E-state index in [4.69, 9.17) is 0 Å². The van der Waals surface area contributed by atoms with Crippen molar-refractivity contribution in [3.05, 3.63) is 155 Å². The van der Waals surface area contributed by atoms with Gasteiger partial charge < -0.3 is 4.90 Å². The number of rotatable bonds is 2. The molecule has 46 heavy (non-hydrogen) atoms. The molecule has 0 atom stereocenters. The zero-order chi connectivity index (χ0) is 31.2. The summed E-state index contributed by atoms with van der Waals surface area (Å²) in [6.07, 6.45) is 2.12. The Hall–Kier alpha value is -5.14. The van der Waals surface area contributed by atoms with Crippen molar-refractivity contribution in [3.63, 3.8) is 0 Å². The smallest absolute Gasteiger partial charge is 0.0447 e. The second-order valence-electron chi connectivity index (χ2n) is 13.8. The maximum atomic E-state index is 2.48. The Morgan fingerprint density at radius 3 is 1.93 bits per heavy atom. The van der Waals surface area contributed by atoms with Gasteiger partial charge in [-0.25, -0.2) is 0 Å². The number of hydrogen-bond donors (Lipinski definition) is 0. The molecular formula is C45H37N. The van der Waals surface area contributed by atoms with Crippen LogP contribution in [0, 0.1) is 6.92 Å². The Labute approximate surface area is 271 Å². The monoisotopic (exact) mass is 591 g/mol. The van der Waals surface area contributed by atoms with E-state index in [0.29, 0.717) is 0 Å². The second kappa shape index (κ2) is 9.93. The molecule has 0 saturated carbocycles. The normalized spacial score (nSPS) is 14.5. The van der Waals surface area contributed by atoms with Gasteiger partial charge in [-0.3, -0.25) is 0 Å². The average molecular weight is 592 g/mol. The molecule has 7 aromatic rings. The first-order valence-electron chi connectivity index (χ1n) is 16.5. The van der Waals surface area contributed by atoms with Crippen molar-refractivity contribution in [1.29, 1.82) is 0 Å². The van der Waals surface area contributed by atoms with Crippen LogP contribution in [0.4, 0.5) is 11.4 Å². The van der Waals surface area contributed by atoms with Gasteiger partial charge in [0.15, 0.2) is 0 Å². The van der Waals surface area contributed by atoms with Gasteiger partial charge in [-0.2, -0.15) is 0 Å². The topological polar surface area (TPSA) is 3.24 Å². The van der Waals surface area contributed by atoms with Gasteiger partial charge in [0.2, 0.25) is 0 Å². The predicted octanol–water partition coefficient (Wildman–Crippen LogP) is 11.8. The summed E-state index contributed by atoms with van der Waals surface area (Å²) >= 11 is 0. The molecule has 222 valence electrons. The van der Waals surface area contributed by atoms with Gasteiger partial charge in [-0.1, -0.05) is 129 Å². The summed E-state index contributed by atoms with van der Waals surface area (Å²) in [6.45, 7) is 6.96. The Morgan fingerprint density at radius 1 is 0.500 bits per heavy atom. The van der Waals surface area contributed by atoms with E-state index in [1.807, 2.05) is 0 Å². The zero-order valence-electron chi connectivity index (χ0n) is 27.0. The summed E-state index contributed by atoms with van der Waals surface area (Å²) in [5, 5.41) is 5.22. The Bertz CT molecular complexity index is 2370. The molecule has 0 radical (unpaired) electrons. The number of anilines is 2. The lowest BCUT2D eigenvalue weighted by Gasteiger charge is -2.24. The molecule has 0 spiro atoms. The van der Waals surface area contributed by atoms with Crippen molar-refractivity contribution < 1.29 is 0 Å². The van der Waals surface area contributed by atoms with Crippen LogP contribution in [0.1, 0.15) is 41.7 Å². The first-order chi connectivity index (χ1) is 22.4. The number of nitrogens with zero attached hydrogens (tertiary/aromatic N) is 1. The third-order valence-electron chi connectivity index (χ3n) is 10.8. The van der Waals surface area contributed by atoms with Gasteiger partial charge in [0.05, 0.1) is 0 Å². The molecule has 2 aliphatic rings. The Balaban J connectivity index is 1.30. The van der Waals surface area contributed by atoms with Gasteiger partial charge in [-0.05, 0) is 115 Å². The van der Waals surface area contributed by atoms with Crippen LogP contribution in [0.2, 0.25) is 0 Å². The van der Waals surface area contributed by atoms with Crippen LogP contribution in [0.15, 0.2) is 127 Å². The summed E-state index contributed by atoms with van der Waals surface area (Å²) in [5.74, 6) is 0.